The summed E-state index contributed by atoms with van der Waals surface area (Å²) in [5.74, 6) is -2.03. The van der Waals surface area contributed by atoms with Crippen LogP contribution in [0.2, 0.25) is 4.34 Å². The van der Waals surface area contributed by atoms with E-state index >= 15 is 0 Å². The van der Waals surface area contributed by atoms with Crippen molar-refractivity contribution in [3.8, 4) is 17.3 Å². The minimum Gasteiger partial charge on any atom is -0.478 e. The van der Waals surface area contributed by atoms with E-state index in [0.717, 1.165) is 20.4 Å². The van der Waals surface area contributed by atoms with E-state index in [4.69, 9.17) is 16.1 Å². The maximum atomic E-state index is 13.5. The Labute approximate surface area is 239 Å². The number of anilines is 1. The number of carboxylic acids is 1. The van der Waals surface area contributed by atoms with Gasteiger partial charge in [0.05, 0.1) is 40.4 Å². The van der Waals surface area contributed by atoms with E-state index < -0.39 is 29.8 Å². The third-order valence-corrected chi connectivity index (χ3v) is 7.13. The molecule has 2 N–H and O–H groups in total. The molecule has 14 heteroatoms. The molecule has 204 valence electrons. The summed E-state index contributed by atoms with van der Waals surface area (Å²) in [4.78, 5) is 51.2. The molecule has 41 heavy (non-hydrogen) atoms. The van der Waals surface area contributed by atoms with Crippen molar-refractivity contribution in [1.29, 1.82) is 5.26 Å². The van der Waals surface area contributed by atoms with E-state index in [1.165, 1.54) is 54.1 Å². The molecule has 0 atom stereocenters. The molecule has 12 nitrogen and oxygen atoms in total. The number of nitrogens with zero attached hydrogens (tertiary/aromatic N) is 5. The minimum atomic E-state index is -1.19. The molecule has 0 radical (unpaired) electrons. The number of aromatic carboxylic acids is 1. The smallest absolute Gasteiger partial charge is 0.335 e. The van der Waals surface area contributed by atoms with Crippen molar-refractivity contribution < 1.29 is 24.0 Å². The van der Waals surface area contributed by atoms with Gasteiger partial charge in [0.15, 0.2) is 5.78 Å². The van der Waals surface area contributed by atoms with Crippen LogP contribution in [0.25, 0.3) is 11.3 Å². The highest BCUT2D eigenvalue weighted by molar-refractivity contribution is 7.16. The van der Waals surface area contributed by atoms with E-state index in [-0.39, 0.29) is 39.3 Å². The molecule has 0 bridgehead atoms. The van der Waals surface area contributed by atoms with Crippen LogP contribution in [0, 0.1) is 11.3 Å². The van der Waals surface area contributed by atoms with Crippen molar-refractivity contribution in [3.63, 3.8) is 0 Å². The fraction of sp³-hybridized carbons (Fsp3) is 0.0741. The predicted molar refractivity (Wildman–Crippen MR) is 147 cm³/mol. The van der Waals surface area contributed by atoms with Crippen LogP contribution in [0.3, 0.4) is 0 Å². The SMILES string of the molecule is N#Cc1cc(-c2cc(NCc3ccc(Cl)s3)n(C(=O)c3cccc(C(=O)O)c3)n2)cn(CC(=O)c2cnoc2)c1=O. The average Bonchev–Trinajstić information content (AvgIpc) is 3.74. The second kappa shape index (κ2) is 11.4. The van der Waals surface area contributed by atoms with E-state index in [0.29, 0.717) is 10.9 Å². The van der Waals surface area contributed by atoms with E-state index in [1.54, 1.807) is 12.1 Å². The van der Waals surface area contributed by atoms with E-state index in [9.17, 15) is 29.5 Å². The maximum Gasteiger partial charge on any atom is 0.335 e. The number of halogens is 1. The summed E-state index contributed by atoms with van der Waals surface area (Å²) in [5.41, 5.74) is -0.278. The van der Waals surface area contributed by atoms with Crippen molar-refractivity contribution >= 4 is 46.4 Å². The van der Waals surface area contributed by atoms with Gasteiger partial charge in [0.1, 0.15) is 23.7 Å². The molecule has 0 saturated carbocycles. The zero-order valence-electron chi connectivity index (χ0n) is 20.8. The maximum absolute atomic E-state index is 13.5. The number of benzene rings is 1. The Morgan fingerprint density at radius 1 is 1.12 bits per heavy atom. The molecule has 0 aliphatic rings. The Morgan fingerprint density at radius 3 is 2.61 bits per heavy atom. The number of carbonyl (C=O) groups is 3. The second-order valence-corrected chi connectivity index (χ2v) is 10.4. The van der Waals surface area contributed by atoms with Crippen LogP contribution in [-0.2, 0) is 13.1 Å². The van der Waals surface area contributed by atoms with Gasteiger partial charge in [-0.05, 0) is 36.4 Å². The summed E-state index contributed by atoms with van der Waals surface area (Å²) in [7, 11) is 0. The van der Waals surface area contributed by atoms with Crippen molar-refractivity contribution in [2.75, 3.05) is 5.32 Å². The lowest BCUT2D eigenvalue weighted by Gasteiger charge is -2.08. The lowest BCUT2D eigenvalue weighted by molar-refractivity contribution is 0.0696. The number of ketones is 1. The molecule has 1 aromatic carbocycles. The second-order valence-electron chi connectivity index (χ2n) is 8.60. The first-order chi connectivity index (χ1) is 19.7. The van der Waals surface area contributed by atoms with Gasteiger partial charge in [-0.25, -0.2) is 4.79 Å². The molecular weight excluding hydrogens is 572 g/mol. The Balaban J connectivity index is 1.56. The van der Waals surface area contributed by atoms with Gasteiger partial charge in [-0.3, -0.25) is 14.4 Å². The molecule has 0 saturated heterocycles. The number of carbonyl (C=O) groups excluding carboxylic acids is 2. The Hall–Kier alpha value is -5.32. The van der Waals surface area contributed by atoms with Gasteiger partial charge in [0.25, 0.3) is 11.5 Å². The standard InChI is InChI=1S/C27H17ClN6O6S/c28-23-5-4-20(41-23)11-30-24-8-21(32-34(24)26(37)15-2-1-3-16(6-15)27(38)39)18-7-17(9-29)25(36)33(12-18)13-22(35)19-10-31-40-14-19/h1-8,10,12,14,30H,11,13H2,(H,38,39). The third-order valence-electron chi connectivity index (χ3n) is 5.90. The van der Waals surface area contributed by atoms with Crippen LogP contribution in [0.4, 0.5) is 5.82 Å². The number of nitriles is 1. The highest BCUT2D eigenvalue weighted by atomic mass is 35.5. The van der Waals surface area contributed by atoms with Gasteiger partial charge in [-0.2, -0.15) is 15.0 Å². The Bertz CT molecular complexity index is 1900. The van der Waals surface area contributed by atoms with Crippen LogP contribution in [0.1, 0.15) is 41.5 Å². The highest BCUT2D eigenvalue weighted by Crippen LogP contribution is 2.26. The summed E-state index contributed by atoms with van der Waals surface area (Å²) in [6.07, 6.45) is 3.72. The molecule has 0 aliphatic carbocycles. The molecule has 0 unspecified atom stereocenters. The number of carboxylic acid groups (broad SMARTS) is 1. The lowest BCUT2D eigenvalue weighted by atomic mass is 10.1. The Morgan fingerprint density at radius 2 is 1.93 bits per heavy atom. The van der Waals surface area contributed by atoms with Crippen molar-refractivity contribution in [3.05, 3.63) is 109 Å². The minimum absolute atomic E-state index is 0.0729. The molecule has 0 aliphatic heterocycles. The number of nitrogens with one attached hydrogen (secondary N) is 1. The first-order valence-electron chi connectivity index (χ1n) is 11.8. The van der Waals surface area contributed by atoms with Crippen LogP contribution in [0.15, 0.2) is 76.5 Å². The summed E-state index contributed by atoms with van der Waals surface area (Å²) in [6, 6.07) is 13.8. The van der Waals surface area contributed by atoms with E-state index in [1.807, 2.05) is 12.1 Å². The lowest BCUT2D eigenvalue weighted by Crippen LogP contribution is -2.26. The number of hydrogen-bond acceptors (Lipinski definition) is 10. The monoisotopic (exact) mass is 588 g/mol. The number of pyridine rings is 1. The van der Waals surface area contributed by atoms with Crippen molar-refractivity contribution in [1.82, 2.24) is 19.5 Å². The molecule has 5 aromatic rings. The van der Waals surface area contributed by atoms with Gasteiger partial charge < -0.3 is 19.5 Å². The first-order valence-corrected chi connectivity index (χ1v) is 13.0. The largest absolute Gasteiger partial charge is 0.478 e. The third kappa shape index (κ3) is 5.83. The highest BCUT2D eigenvalue weighted by Gasteiger charge is 2.21. The average molecular weight is 589 g/mol. The summed E-state index contributed by atoms with van der Waals surface area (Å²) >= 11 is 7.38. The molecule has 0 amide bonds. The molecule has 0 fully saturated rings. The number of Topliss-reactive ketones (excluding diaryl/α,β-unsaturated/α-hetero) is 1. The normalized spacial score (nSPS) is 10.7. The fourth-order valence-corrected chi connectivity index (χ4v) is 4.92. The molecule has 0 spiro atoms. The van der Waals surface area contributed by atoms with Crippen molar-refractivity contribution in [2.45, 2.75) is 13.1 Å². The fourth-order valence-electron chi connectivity index (χ4n) is 3.90. The summed E-state index contributed by atoms with van der Waals surface area (Å²) < 4.78 is 7.41. The summed E-state index contributed by atoms with van der Waals surface area (Å²) in [5, 5.41) is 30.0. The van der Waals surface area contributed by atoms with Crippen LogP contribution in [0.5, 0.6) is 0 Å². The molecule has 4 heterocycles. The van der Waals surface area contributed by atoms with Crippen molar-refractivity contribution in [2.24, 2.45) is 0 Å². The number of hydrogen-bond donors (Lipinski definition) is 2. The topological polar surface area (TPSA) is 173 Å². The zero-order valence-corrected chi connectivity index (χ0v) is 22.3. The quantitative estimate of drug-likeness (QED) is 0.238. The first kappa shape index (κ1) is 27.3. The van der Waals surface area contributed by atoms with Gasteiger partial charge in [-0.1, -0.05) is 22.8 Å². The zero-order chi connectivity index (χ0) is 29.1. The van der Waals surface area contributed by atoms with Gasteiger partial charge in [0, 0.05) is 28.3 Å². The van der Waals surface area contributed by atoms with Crippen LogP contribution >= 0.6 is 22.9 Å². The number of rotatable bonds is 9. The van der Waals surface area contributed by atoms with Gasteiger partial charge in [-0.15, -0.1) is 11.3 Å². The molecule has 5 rings (SSSR count). The van der Waals surface area contributed by atoms with Crippen LogP contribution in [-0.4, -0.2) is 42.3 Å². The van der Waals surface area contributed by atoms with Gasteiger partial charge in [0.2, 0.25) is 0 Å². The van der Waals surface area contributed by atoms with E-state index in [2.05, 4.69) is 15.6 Å². The predicted octanol–water partition coefficient (Wildman–Crippen LogP) is 4.17. The van der Waals surface area contributed by atoms with Crippen LogP contribution < -0.4 is 10.9 Å². The number of thiophene rings is 1. The molecule has 4 aromatic heterocycles. The Kier molecular flexibility index (Phi) is 7.59. The number of aromatic nitrogens is 4. The van der Waals surface area contributed by atoms with Gasteiger partial charge >= 0.3 is 5.97 Å². The molecular formula is C27H17ClN6O6S. The summed E-state index contributed by atoms with van der Waals surface area (Å²) in [6.45, 7) is -0.102.